The van der Waals surface area contributed by atoms with Gasteiger partial charge in [0, 0.05) is 24.0 Å². The molecule has 0 radical (unpaired) electrons. The van der Waals surface area contributed by atoms with E-state index in [2.05, 4.69) is 6.92 Å². The molecule has 5 nitrogen and oxygen atoms in total. The van der Waals surface area contributed by atoms with Crippen molar-refractivity contribution < 1.29 is 4.79 Å². The zero-order valence-corrected chi connectivity index (χ0v) is 17.8. The molecule has 1 unspecified atom stereocenters. The van der Waals surface area contributed by atoms with Crippen molar-refractivity contribution in [1.82, 2.24) is 14.5 Å². The minimum atomic E-state index is 0.0724. The van der Waals surface area contributed by atoms with Gasteiger partial charge in [-0.25, -0.2) is 4.98 Å². The molecule has 1 aliphatic heterocycles. The molecule has 27 heavy (non-hydrogen) atoms. The van der Waals surface area contributed by atoms with Crippen molar-refractivity contribution in [2.24, 2.45) is 0 Å². The Morgan fingerprint density at radius 2 is 2.07 bits per heavy atom. The number of piperidine rings is 1. The number of likely N-dealkylation sites (tertiary alicyclic amines) is 1. The highest BCUT2D eigenvalue weighted by atomic mass is 32.2. The first kappa shape index (κ1) is 19.0. The lowest BCUT2D eigenvalue weighted by atomic mass is 9.97. The molecular formula is C20H27N3O2S2. The maximum Gasteiger partial charge on any atom is 0.263 e. The van der Waals surface area contributed by atoms with Gasteiger partial charge in [-0.1, -0.05) is 11.8 Å². The Morgan fingerprint density at radius 1 is 1.26 bits per heavy atom. The normalized spacial score (nSPS) is 20.1. The van der Waals surface area contributed by atoms with E-state index in [1.54, 1.807) is 15.9 Å². The average molecular weight is 406 g/mol. The van der Waals surface area contributed by atoms with Gasteiger partial charge >= 0.3 is 0 Å². The number of carbonyl (C=O) groups is 1. The number of thioether (sulfide) groups is 1. The first-order valence-corrected chi connectivity index (χ1v) is 11.9. The number of nitrogens with zero attached hydrogens (tertiary/aromatic N) is 3. The number of rotatable bonds is 4. The topological polar surface area (TPSA) is 55.2 Å². The molecule has 146 valence electrons. The van der Waals surface area contributed by atoms with E-state index >= 15 is 0 Å². The second-order valence-electron chi connectivity index (χ2n) is 7.56. The van der Waals surface area contributed by atoms with E-state index in [0.29, 0.717) is 23.5 Å². The molecule has 1 fully saturated rings. The summed E-state index contributed by atoms with van der Waals surface area (Å²) in [7, 11) is 0. The Balaban J connectivity index is 1.61. The Kier molecular flexibility index (Phi) is 5.60. The van der Waals surface area contributed by atoms with Crippen LogP contribution in [0.1, 0.15) is 56.4 Å². The molecule has 2 aliphatic rings. The van der Waals surface area contributed by atoms with Crippen LogP contribution in [0.25, 0.3) is 10.2 Å². The van der Waals surface area contributed by atoms with Crippen molar-refractivity contribution in [1.29, 1.82) is 0 Å². The minimum Gasteiger partial charge on any atom is -0.339 e. The molecule has 1 amide bonds. The number of thiophene rings is 1. The Labute approximate surface area is 168 Å². The van der Waals surface area contributed by atoms with Crippen molar-refractivity contribution in [3.63, 3.8) is 0 Å². The lowest BCUT2D eigenvalue weighted by Crippen LogP contribution is -2.43. The summed E-state index contributed by atoms with van der Waals surface area (Å²) in [6.07, 6.45) is 7.79. The summed E-state index contributed by atoms with van der Waals surface area (Å²) in [5.74, 6) is 0.516. The highest BCUT2D eigenvalue weighted by Gasteiger charge is 2.25. The summed E-state index contributed by atoms with van der Waals surface area (Å²) in [6, 6.07) is 0.319. The first-order chi connectivity index (χ1) is 13.1. The summed E-state index contributed by atoms with van der Waals surface area (Å²) in [6.45, 7) is 5.55. The van der Waals surface area contributed by atoms with Gasteiger partial charge in [-0.05, 0) is 64.4 Å². The van der Waals surface area contributed by atoms with Crippen molar-refractivity contribution >= 4 is 39.2 Å². The summed E-state index contributed by atoms with van der Waals surface area (Å²) < 4.78 is 1.75. The lowest BCUT2D eigenvalue weighted by Gasteiger charge is -2.33. The number of hydrogen-bond acceptors (Lipinski definition) is 5. The predicted octanol–water partition coefficient (Wildman–Crippen LogP) is 3.85. The Bertz CT molecular complexity index is 918. The van der Waals surface area contributed by atoms with Crippen LogP contribution in [-0.4, -0.2) is 38.7 Å². The predicted molar refractivity (Wildman–Crippen MR) is 112 cm³/mol. The number of aryl methyl sites for hydroxylation is 2. The van der Waals surface area contributed by atoms with Crippen molar-refractivity contribution in [2.75, 3.05) is 12.3 Å². The SMILES string of the molecule is CCn1c(SCC(=O)N2CCCCC2C)nc2sc3c(c2c1=O)CCCC3. The van der Waals surface area contributed by atoms with Gasteiger partial charge < -0.3 is 4.90 Å². The van der Waals surface area contributed by atoms with Crippen LogP contribution in [0.5, 0.6) is 0 Å². The third-order valence-corrected chi connectivity index (χ3v) is 7.95. The van der Waals surface area contributed by atoms with E-state index in [-0.39, 0.29) is 11.5 Å². The number of fused-ring (bicyclic) bond motifs is 3. The highest BCUT2D eigenvalue weighted by Crippen LogP contribution is 2.34. The van der Waals surface area contributed by atoms with Gasteiger partial charge in [0.1, 0.15) is 4.83 Å². The van der Waals surface area contributed by atoms with E-state index < -0.39 is 0 Å². The highest BCUT2D eigenvalue weighted by molar-refractivity contribution is 7.99. The van der Waals surface area contributed by atoms with Crippen LogP contribution in [-0.2, 0) is 24.2 Å². The number of aromatic nitrogens is 2. The molecule has 1 aliphatic carbocycles. The Morgan fingerprint density at radius 3 is 2.85 bits per heavy atom. The fourth-order valence-corrected chi connectivity index (χ4v) is 6.54. The van der Waals surface area contributed by atoms with Crippen LogP contribution in [0.4, 0.5) is 0 Å². The summed E-state index contributed by atoms with van der Waals surface area (Å²) in [5.41, 5.74) is 1.30. The second-order valence-corrected chi connectivity index (χ2v) is 9.58. The zero-order chi connectivity index (χ0) is 19.0. The summed E-state index contributed by atoms with van der Waals surface area (Å²) in [4.78, 5) is 34.8. The molecule has 0 aromatic carbocycles. The van der Waals surface area contributed by atoms with E-state index in [1.807, 2.05) is 11.8 Å². The van der Waals surface area contributed by atoms with Crippen LogP contribution in [0.2, 0.25) is 0 Å². The van der Waals surface area contributed by atoms with E-state index in [4.69, 9.17) is 4.98 Å². The van der Waals surface area contributed by atoms with Gasteiger partial charge in [-0.3, -0.25) is 14.2 Å². The minimum absolute atomic E-state index is 0.0724. The largest absolute Gasteiger partial charge is 0.339 e. The molecule has 4 rings (SSSR count). The van der Waals surface area contributed by atoms with E-state index in [0.717, 1.165) is 48.9 Å². The smallest absolute Gasteiger partial charge is 0.263 e. The van der Waals surface area contributed by atoms with Crippen molar-refractivity contribution in [2.45, 2.75) is 76.5 Å². The molecule has 7 heteroatoms. The molecule has 2 aromatic heterocycles. The number of carbonyl (C=O) groups excluding carboxylic acids is 1. The monoisotopic (exact) mass is 405 g/mol. The maximum absolute atomic E-state index is 13.1. The fourth-order valence-electron chi connectivity index (χ4n) is 4.29. The Hall–Kier alpha value is -1.34. The van der Waals surface area contributed by atoms with Crippen LogP contribution >= 0.6 is 23.1 Å². The van der Waals surface area contributed by atoms with Gasteiger partial charge in [0.15, 0.2) is 5.16 Å². The lowest BCUT2D eigenvalue weighted by molar-refractivity contribution is -0.131. The van der Waals surface area contributed by atoms with Gasteiger partial charge in [0.25, 0.3) is 5.56 Å². The van der Waals surface area contributed by atoms with Gasteiger partial charge in [0.05, 0.1) is 11.1 Å². The quantitative estimate of drug-likeness (QED) is 0.573. The van der Waals surface area contributed by atoms with Crippen molar-refractivity contribution in [3.8, 4) is 0 Å². The second kappa shape index (κ2) is 7.95. The van der Waals surface area contributed by atoms with E-state index in [9.17, 15) is 9.59 Å². The molecule has 3 heterocycles. The molecule has 1 saturated heterocycles. The first-order valence-electron chi connectivity index (χ1n) is 10.1. The van der Waals surface area contributed by atoms with E-state index in [1.165, 1.54) is 35.0 Å². The summed E-state index contributed by atoms with van der Waals surface area (Å²) in [5, 5.41) is 1.52. The molecule has 0 saturated carbocycles. The van der Waals surface area contributed by atoms with Gasteiger partial charge in [-0.15, -0.1) is 11.3 Å². The average Bonchev–Trinajstić information content (AvgIpc) is 3.05. The van der Waals surface area contributed by atoms with Crippen LogP contribution in [0.15, 0.2) is 9.95 Å². The third kappa shape index (κ3) is 3.56. The zero-order valence-electron chi connectivity index (χ0n) is 16.1. The maximum atomic E-state index is 13.1. The van der Waals surface area contributed by atoms with Crippen LogP contribution < -0.4 is 5.56 Å². The molecule has 1 atom stereocenters. The van der Waals surface area contributed by atoms with Gasteiger partial charge in [-0.2, -0.15) is 0 Å². The standard InChI is InChI=1S/C20H27N3O2S2/c1-3-22-19(25)17-14-9-4-5-10-15(14)27-18(17)21-20(22)26-12-16(24)23-11-7-6-8-13(23)2/h13H,3-12H2,1-2H3. The van der Waals surface area contributed by atoms with Gasteiger partial charge in [0.2, 0.25) is 5.91 Å². The van der Waals surface area contributed by atoms with Crippen LogP contribution in [0.3, 0.4) is 0 Å². The number of amides is 1. The van der Waals surface area contributed by atoms with Crippen LogP contribution in [0, 0.1) is 0 Å². The number of hydrogen-bond donors (Lipinski definition) is 0. The molecule has 2 aromatic rings. The molecule has 0 spiro atoms. The fraction of sp³-hybridized carbons (Fsp3) is 0.650. The molecule has 0 bridgehead atoms. The molecule has 0 N–H and O–H groups in total. The molecular weight excluding hydrogens is 378 g/mol. The van der Waals surface area contributed by atoms with Crippen molar-refractivity contribution in [3.05, 3.63) is 20.8 Å². The third-order valence-electron chi connectivity index (χ3n) is 5.80. The summed E-state index contributed by atoms with van der Waals surface area (Å²) >= 11 is 3.09.